The van der Waals surface area contributed by atoms with Gasteiger partial charge in [0, 0.05) is 21.5 Å². The predicted molar refractivity (Wildman–Crippen MR) is 93.6 cm³/mol. The lowest BCUT2D eigenvalue weighted by atomic mass is 10.2. The summed E-state index contributed by atoms with van der Waals surface area (Å²) >= 11 is 12.0. The Labute approximate surface area is 160 Å². The zero-order valence-corrected chi connectivity index (χ0v) is 14.9. The summed E-state index contributed by atoms with van der Waals surface area (Å²) in [6.07, 6.45) is -4.85. The third-order valence-corrected chi connectivity index (χ3v) is 4.23. The highest BCUT2D eigenvalue weighted by molar-refractivity contribution is 6.35. The number of fused-ring (bicyclic) bond motifs is 1. The Kier molecular flexibility index (Phi) is 5.18. The summed E-state index contributed by atoms with van der Waals surface area (Å²) in [5, 5.41) is 5.23. The Morgan fingerprint density at radius 2 is 1.96 bits per heavy atom. The first kappa shape index (κ1) is 19.3. The van der Waals surface area contributed by atoms with Crippen molar-refractivity contribution in [2.24, 2.45) is 5.84 Å². The van der Waals surface area contributed by atoms with E-state index in [1.165, 1.54) is 16.8 Å². The van der Waals surface area contributed by atoms with Gasteiger partial charge in [-0.15, -0.1) is 13.2 Å². The zero-order valence-electron chi connectivity index (χ0n) is 13.3. The molecule has 3 aromatic rings. The standard InChI is InChI=1S/C16H11Cl2F3N4O2/c17-9-2-1-8(12(18)5-9)7-25-13-6-10(27-16(19,20)21)3-4-11(13)14(24-25)15(26)23-22/h1-6H,7,22H2,(H,23,26). The number of aromatic nitrogens is 2. The Hall–Kier alpha value is -2.49. The minimum absolute atomic E-state index is 0.0452. The molecule has 1 aromatic heterocycles. The van der Waals surface area contributed by atoms with Gasteiger partial charge in [0.25, 0.3) is 5.91 Å². The molecule has 0 aliphatic heterocycles. The lowest BCUT2D eigenvalue weighted by Crippen LogP contribution is -2.30. The van der Waals surface area contributed by atoms with Gasteiger partial charge in [0.2, 0.25) is 0 Å². The van der Waals surface area contributed by atoms with Crippen LogP contribution < -0.4 is 16.0 Å². The third-order valence-electron chi connectivity index (χ3n) is 3.64. The number of nitrogens with one attached hydrogen (secondary N) is 1. The van der Waals surface area contributed by atoms with E-state index in [9.17, 15) is 18.0 Å². The number of nitrogens with zero attached hydrogens (tertiary/aromatic N) is 2. The topological polar surface area (TPSA) is 82.2 Å². The number of hydrazine groups is 1. The van der Waals surface area contributed by atoms with Crippen molar-refractivity contribution in [2.45, 2.75) is 12.9 Å². The van der Waals surface area contributed by atoms with Gasteiger partial charge < -0.3 is 4.74 Å². The van der Waals surface area contributed by atoms with E-state index in [-0.39, 0.29) is 17.8 Å². The largest absolute Gasteiger partial charge is 0.573 e. The number of carbonyl (C=O) groups excluding carboxylic acids is 1. The molecule has 1 amide bonds. The highest BCUT2D eigenvalue weighted by Gasteiger charge is 2.31. The fourth-order valence-corrected chi connectivity index (χ4v) is 2.99. The SMILES string of the molecule is NNC(=O)c1nn(Cc2ccc(Cl)cc2Cl)c2cc(OC(F)(F)F)ccc12. The number of alkyl halides is 3. The molecule has 2 aromatic carbocycles. The molecule has 27 heavy (non-hydrogen) atoms. The van der Waals surface area contributed by atoms with Crippen LogP contribution in [0.3, 0.4) is 0 Å². The van der Waals surface area contributed by atoms with E-state index in [0.29, 0.717) is 21.0 Å². The maximum absolute atomic E-state index is 12.5. The summed E-state index contributed by atoms with van der Waals surface area (Å²) in [6.45, 7) is 0.0832. The fourth-order valence-electron chi connectivity index (χ4n) is 2.52. The summed E-state index contributed by atoms with van der Waals surface area (Å²) in [7, 11) is 0. The van der Waals surface area contributed by atoms with Gasteiger partial charge in [0.15, 0.2) is 5.69 Å². The van der Waals surface area contributed by atoms with Crippen LogP contribution >= 0.6 is 23.2 Å². The number of halogens is 5. The van der Waals surface area contributed by atoms with Crippen molar-refractivity contribution in [1.29, 1.82) is 0 Å². The van der Waals surface area contributed by atoms with Crippen LogP contribution in [-0.2, 0) is 6.54 Å². The smallest absolute Gasteiger partial charge is 0.406 e. The van der Waals surface area contributed by atoms with Crippen LogP contribution in [0.1, 0.15) is 16.1 Å². The molecular weight excluding hydrogens is 408 g/mol. The van der Waals surface area contributed by atoms with E-state index >= 15 is 0 Å². The van der Waals surface area contributed by atoms with Gasteiger partial charge in [-0.2, -0.15) is 5.10 Å². The van der Waals surface area contributed by atoms with E-state index in [2.05, 4.69) is 9.84 Å². The van der Waals surface area contributed by atoms with Crippen LogP contribution in [0.15, 0.2) is 36.4 Å². The van der Waals surface area contributed by atoms with E-state index in [1.54, 1.807) is 12.1 Å². The molecule has 6 nitrogen and oxygen atoms in total. The summed E-state index contributed by atoms with van der Waals surface area (Å²) in [5.74, 6) is 4.02. The number of carbonyl (C=O) groups is 1. The molecule has 0 aliphatic carbocycles. The molecule has 0 saturated carbocycles. The van der Waals surface area contributed by atoms with E-state index in [0.717, 1.165) is 12.1 Å². The number of rotatable bonds is 4. The monoisotopic (exact) mass is 418 g/mol. The summed E-state index contributed by atoms with van der Waals surface area (Å²) in [6, 6.07) is 8.30. The molecule has 0 saturated heterocycles. The van der Waals surface area contributed by atoms with Gasteiger partial charge in [-0.3, -0.25) is 14.9 Å². The third kappa shape index (κ3) is 4.26. The Balaban J connectivity index is 2.11. The van der Waals surface area contributed by atoms with E-state index in [4.69, 9.17) is 29.0 Å². The van der Waals surface area contributed by atoms with Crippen LogP contribution in [0.2, 0.25) is 10.0 Å². The number of hydrogen-bond acceptors (Lipinski definition) is 4. The first-order valence-electron chi connectivity index (χ1n) is 7.39. The Morgan fingerprint density at radius 1 is 1.22 bits per heavy atom. The van der Waals surface area contributed by atoms with Gasteiger partial charge in [0.1, 0.15) is 5.75 Å². The Bertz CT molecular complexity index is 1020. The molecular formula is C16H11Cl2F3N4O2. The molecule has 0 spiro atoms. The molecule has 11 heteroatoms. The van der Waals surface area contributed by atoms with Crippen molar-refractivity contribution in [3.63, 3.8) is 0 Å². The van der Waals surface area contributed by atoms with Crippen molar-refractivity contribution >= 4 is 40.0 Å². The molecule has 3 rings (SSSR count). The van der Waals surface area contributed by atoms with Crippen molar-refractivity contribution < 1.29 is 22.7 Å². The van der Waals surface area contributed by atoms with E-state index in [1.807, 2.05) is 5.43 Å². The van der Waals surface area contributed by atoms with E-state index < -0.39 is 18.0 Å². The summed E-state index contributed by atoms with van der Waals surface area (Å²) in [5.41, 5.74) is 2.75. The molecule has 3 N–H and O–H groups in total. The van der Waals surface area contributed by atoms with Crippen molar-refractivity contribution in [1.82, 2.24) is 15.2 Å². The second-order valence-corrected chi connectivity index (χ2v) is 6.29. The number of amides is 1. The fraction of sp³-hybridized carbons (Fsp3) is 0.125. The summed E-state index contributed by atoms with van der Waals surface area (Å²) in [4.78, 5) is 12.0. The predicted octanol–water partition coefficient (Wildman–Crippen LogP) is 3.89. The number of hydrogen-bond donors (Lipinski definition) is 2. The molecule has 1 heterocycles. The normalized spacial score (nSPS) is 11.6. The second-order valence-electron chi connectivity index (χ2n) is 5.44. The molecule has 0 atom stereocenters. The van der Waals surface area contributed by atoms with Crippen LogP contribution in [0.5, 0.6) is 5.75 Å². The zero-order chi connectivity index (χ0) is 19.8. The maximum atomic E-state index is 12.5. The first-order valence-corrected chi connectivity index (χ1v) is 8.14. The van der Waals surface area contributed by atoms with Gasteiger partial charge >= 0.3 is 6.36 Å². The van der Waals surface area contributed by atoms with Crippen LogP contribution in [-0.4, -0.2) is 22.1 Å². The second kappa shape index (κ2) is 7.26. The van der Waals surface area contributed by atoms with Gasteiger partial charge in [0.05, 0.1) is 12.1 Å². The number of nitrogen functional groups attached to an aromatic ring is 1. The van der Waals surface area contributed by atoms with Crippen LogP contribution in [0.4, 0.5) is 13.2 Å². The lowest BCUT2D eigenvalue weighted by molar-refractivity contribution is -0.274. The molecule has 0 radical (unpaired) electrons. The average Bonchev–Trinajstić information content (AvgIpc) is 2.93. The highest BCUT2D eigenvalue weighted by Crippen LogP contribution is 2.29. The number of nitrogens with two attached hydrogens (primary N) is 1. The van der Waals surface area contributed by atoms with Crippen LogP contribution in [0, 0.1) is 0 Å². The molecule has 142 valence electrons. The molecule has 0 aliphatic rings. The first-order chi connectivity index (χ1) is 12.7. The Morgan fingerprint density at radius 3 is 2.59 bits per heavy atom. The molecule has 0 bridgehead atoms. The summed E-state index contributed by atoms with van der Waals surface area (Å²) < 4.78 is 42.8. The lowest BCUT2D eigenvalue weighted by Gasteiger charge is -2.10. The number of ether oxygens (including phenoxy) is 1. The van der Waals surface area contributed by atoms with Crippen molar-refractivity contribution in [3.05, 3.63) is 57.7 Å². The average molecular weight is 419 g/mol. The van der Waals surface area contributed by atoms with Gasteiger partial charge in [-0.25, -0.2) is 5.84 Å². The van der Waals surface area contributed by atoms with Crippen LogP contribution in [0.25, 0.3) is 10.9 Å². The van der Waals surface area contributed by atoms with Gasteiger partial charge in [-0.1, -0.05) is 29.3 Å². The van der Waals surface area contributed by atoms with Crippen molar-refractivity contribution in [2.75, 3.05) is 0 Å². The number of benzene rings is 2. The molecule has 0 fully saturated rings. The highest BCUT2D eigenvalue weighted by atomic mass is 35.5. The molecule has 0 unspecified atom stereocenters. The minimum atomic E-state index is -4.85. The van der Waals surface area contributed by atoms with Crippen molar-refractivity contribution in [3.8, 4) is 5.75 Å². The maximum Gasteiger partial charge on any atom is 0.573 e. The minimum Gasteiger partial charge on any atom is -0.406 e. The van der Waals surface area contributed by atoms with Gasteiger partial charge in [-0.05, 0) is 29.8 Å². The quantitative estimate of drug-likeness (QED) is 0.382.